The molecule has 0 aliphatic carbocycles. The molecule has 1 aliphatic rings. The quantitative estimate of drug-likeness (QED) is 0.932. The summed E-state index contributed by atoms with van der Waals surface area (Å²) in [5, 5.41) is 12.6. The van der Waals surface area contributed by atoms with Crippen molar-refractivity contribution >= 4 is 21.6 Å². The van der Waals surface area contributed by atoms with Crippen molar-refractivity contribution in [1.82, 2.24) is 4.90 Å². The van der Waals surface area contributed by atoms with Crippen LogP contribution in [0, 0.1) is 11.3 Å². The van der Waals surface area contributed by atoms with Crippen molar-refractivity contribution in [3.63, 3.8) is 0 Å². The summed E-state index contributed by atoms with van der Waals surface area (Å²) in [6, 6.07) is 8.55. The maximum Gasteiger partial charge on any atom is 0.101 e. The Balaban J connectivity index is 2.00. The van der Waals surface area contributed by atoms with Gasteiger partial charge in [-0.05, 0) is 37.6 Å². The van der Waals surface area contributed by atoms with E-state index in [2.05, 4.69) is 39.1 Å². The average molecular weight is 308 g/mol. The fraction of sp³-hybridized carbons (Fsp3) is 0.500. The molecule has 18 heavy (non-hydrogen) atoms. The van der Waals surface area contributed by atoms with Gasteiger partial charge >= 0.3 is 0 Å². The number of piperidine rings is 1. The summed E-state index contributed by atoms with van der Waals surface area (Å²) in [5.74, 6) is 0. The van der Waals surface area contributed by atoms with Crippen LogP contribution in [0.15, 0.2) is 22.7 Å². The number of likely N-dealkylation sites (tertiary alicyclic amines) is 1. The molecule has 96 valence electrons. The van der Waals surface area contributed by atoms with Crippen molar-refractivity contribution < 1.29 is 0 Å². The van der Waals surface area contributed by atoms with Gasteiger partial charge in [0, 0.05) is 23.6 Å². The summed E-state index contributed by atoms with van der Waals surface area (Å²) in [7, 11) is 0. The zero-order chi connectivity index (χ0) is 13.0. The molecule has 0 spiro atoms. The van der Waals surface area contributed by atoms with Gasteiger partial charge < -0.3 is 10.2 Å². The van der Waals surface area contributed by atoms with Crippen LogP contribution in [-0.2, 0) is 0 Å². The van der Waals surface area contributed by atoms with E-state index in [0.717, 1.165) is 42.6 Å². The second-order valence-electron chi connectivity index (χ2n) is 4.65. The summed E-state index contributed by atoms with van der Waals surface area (Å²) < 4.78 is 0.949. The number of rotatable bonds is 3. The Labute approximate surface area is 117 Å². The van der Waals surface area contributed by atoms with Crippen molar-refractivity contribution in [2.75, 3.05) is 25.0 Å². The Morgan fingerprint density at radius 2 is 2.17 bits per heavy atom. The molecule has 1 aromatic carbocycles. The van der Waals surface area contributed by atoms with Crippen LogP contribution in [0.1, 0.15) is 25.3 Å². The number of nitriles is 1. The Morgan fingerprint density at radius 1 is 1.44 bits per heavy atom. The lowest BCUT2D eigenvalue weighted by molar-refractivity contribution is 0.229. The summed E-state index contributed by atoms with van der Waals surface area (Å²) in [5.41, 5.74) is 1.66. The van der Waals surface area contributed by atoms with Gasteiger partial charge in [-0.2, -0.15) is 5.26 Å². The first-order valence-electron chi connectivity index (χ1n) is 6.41. The molecule has 1 heterocycles. The third kappa shape index (κ3) is 3.24. The number of nitrogens with zero attached hydrogens (tertiary/aromatic N) is 2. The lowest BCUT2D eigenvalue weighted by atomic mass is 10.0. The SMILES string of the molecule is CCN1CCC(Nc2ccc(Br)cc2C#N)CC1. The Bertz CT molecular complexity index is 445. The molecule has 1 fully saturated rings. The van der Waals surface area contributed by atoms with Crippen molar-refractivity contribution in [2.24, 2.45) is 0 Å². The molecular weight excluding hydrogens is 290 g/mol. The third-order valence-electron chi connectivity index (χ3n) is 3.50. The van der Waals surface area contributed by atoms with E-state index in [1.54, 1.807) is 0 Å². The average Bonchev–Trinajstić information content (AvgIpc) is 2.41. The van der Waals surface area contributed by atoms with Crippen molar-refractivity contribution in [1.29, 1.82) is 5.26 Å². The standard InChI is InChI=1S/C14H18BrN3/c1-2-18-7-5-13(6-8-18)17-14-4-3-12(15)9-11(14)10-16/h3-4,9,13,17H,2,5-8H2,1H3. The van der Waals surface area contributed by atoms with E-state index >= 15 is 0 Å². The fourth-order valence-electron chi connectivity index (χ4n) is 2.35. The maximum atomic E-state index is 9.13. The van der Waals surface area contributed by atoms with Crippen LogP contribution in [-0.4, -0.2) is 30.6 Å². The lowest BCUT2D eigenvalue weighted by Gasteiger charge is -2.32. The molecule has 0 atom stereocenters. The van der Waals surface area contributed by atoms with Crippen LogP contribution in [0.25, 0.3) is 0 Å². The van der Waals surface area contributed by atoms with Crippen molar-refractivity contribution in [3.05, 3.63) is 28.2 Å². The smallest absolute Gasteiger partial charge is 0.101 e. The molecule has 1 aromatic rings. The van der Waals surface area contributed by atoms with Gasteiger partial charge in [0.25, 0.3) is 0 Å². The van der Waals surface area contributed by atoms with Gasteiger partial charge in [-0.3, -0.25) is 0 Å². The highest BCUT2D eigenvalue weighted by Crippen LogP contribution is 2.23. The van der Waals surface area contributed by atoms with E-state index in [9.17, 15) is 0 Å². The summed E-state index contributed by atoms with van der Waals surface area (Å²) >= 11 is 3.39. The molecule has 1 saturated heterocycles. The number of halogens is 1. The Morgan fingerprint density at radius 3 is 2.78 bits per heavy atom. The normalized spacial score (nSPS) is 17.4. The van der Waals surface area contributed by atoms with Crippen LogP contribution < -0.4 is 5.32 Å². The molecule has 0 amide bonds. The second kappa shape index (κ2) is 6.21. The van der Waals surface area contributed by atoms with Gasteiger partial charge in [0.05, 0.1) is 11.3 Å². The molecule has 0 unspecified atom stereocenters. The van der Waals surface area contributed by atoms with Gasteiger partial charge in [-0.15, -0.1) is 0 Å². The minimum absolute atomic E-state index is 0.487. The highest BCUT2D eigenvalue weighted by atomic mass is 79.9. The monoisotopic (exact) mass is 307 g/mol. The molecule has 2 rings (SSSR count). The first-order valence-corrected chi connectivity index (χ1v) is 7.20. The van der Waals surface area contributed by atoms with E-state index < -0.39 is 0 Å². The van der Waals surface area contributed by atoms with Gasteiger partial charge in [0.2, 0.25) is 0 Å². The topological polar surface area (TPSA) is 39.1 Å². The van der Waals surface area contributed by atoms with Crippen molar-refractivity contribution in [2.45, 2.75) is 25.8 Å². The molecule has 0 aromatic heterocycles. The highest BCUT2D eigenvalue weighted by molar-refractivity contribution is 9.10. The van der Waals surface area contributed by atoms with Gasteiger partial charge in [-0.1, -0.05) is 22.9 Å². The minimum Gasteiger partial charge on any atom is -0.381 e. The summed E-state index contributed by atoms with van der Waals surface area (Å²) in [6.45, 7) is 5.63. The Hall–Kier alpha value is -1.05. The van der Waals surface area contributed by atoms with Crippen LogP contribution in [0.2, 0.25) is 0 Å². The van der Waals surface area contributed by atoms with Gasteiger partial charge in [0.1, 0.15) is 6.07 Å². The molecule has 3 nitrogen and oxygen atoms in total. The molecule has 4 heteroatoms. The first-order chi connectivity index (χ1) is 8.72. The first kappa shape index (κ1) is 13.4. The summed E-state index contributed by atoms with van der Waals surface area (Å²) in [4.78, 5) is 2.46. The molecule has 0 radical (unpaired) electrons. The van der Waals surface area contributed by atoms with Gasteiger partial charge in [0.15, 0.2) is 0 Å². The summed E-state index contributed by atoms with van der Waals surface area (Å²) in [6.07, 6.45) is 2.30. The molecule has 0 bridgehead atoms. The van der Waals surface area contributed by atoms with E-state index in [0.29, 0.717) is 11.6 Å². The number of nitrogens with one attached hydrogen (secondary N) is 1. The third-order valence-corrected chi connectivity index (χ3v) is 3.99. The van der Waals surface area contributed by atoms with Gasteiger partial charge in [-0.25, -0.2) is 0 Å². The number of benzene rings is 1. The van der Waals surface area contributed by atoms with Crippen LogP contribution in [0.4, 0.5) is 5.69 Å². The van der Waals surface area contributed by atoms with E-state index in [1.165, 1.54) is 0 Å². The fourth-order valence-corrected chi connectivity index (χ4v) is 2.71. The van der Waals surface area contributed by atoms with E-state index in [1.807, 2.05) is 18.2 Å². The Kier molecular flexibility index (Phi) is 4.62. The zero-order valence-corrected chi connectivity index (χ0v) is 12.2. The largest absolute Gasteiger partial charge is 0.381 e. The lowest BCUT2D eigenvalue weighted by Crippen LogP contribution is -2.38. The zero-order valence-electron chi connectivity index (χ0n) is 10.6. The van der Waals surface area contributed by atoms with E-state index in [-0.39, 0.29) is 0 Å². The second-order valence-corrected chi connectivity index (χ2v) is 5.57. The van der Waals surface area contributed by atoms with E-state index in [4.69, 9.17) is 5.26 Å². The predicted octanol–water partition coefficient (Wildman–Crippen LogP) is 3.22. The van der Waals surface area contributed by atoms with Crippen LogP contribution in [0.5, 0.6) is 0 Å². The highest BCUT2D eigenvalue weighted by Gasteiger charge is 2.18. The minimum atomic E-state index is 0.487. The molecule has 1 N–H and O–H groups in total. The molecular formula is C14H18BrN3. The number of hydrogen-bond acceptors (Lipinski definition) is 3. The van der Waals surface area contributed by atoms with Crippen LogP contribution >= 0.6 is 15.9 Å². The van der Waals surface area contributed by atoms with Crippen molar-refractivity contribution in [3.8, 4) is 6.07 Å². The van der Waals surface area contributed by atoms with Crippen LogP contribution in [0.3, 0.4) is 0 Å². The number of anilines is 1. The predicted molar refractivity (Wildman–Crippen MR) is 77.6 cm³/mol. The maximum absolute atomic E-state index is 9.13. The molecule has 1 aliphatic heterocycles. The molecule has 0 saturated carbocycles. The number of hydrogen-bond donors (Lipinski definition) is 1.